The number of aromatic nitrogens is 1. The molecule has 0 spiro atoms. The standard InChI is InChI=1S/C18H22N2O4/c1-12-6-13(2)20-14(7-12)10-19-24-11-16-17(22-4)8-15(21-3)9-18(16)23-5/h6-10H,11H2,1-5H3. The first-order valence-electron chi connectivity index (χ1n) is 7.47. The third-order valence-electron chi connectivity index (χ3n) is 3.40. The Balaban J connectivity index is 2.12. The summed E-state index contributed by atoms with van der Waals surface area (Å²) in [7, 11) is 4.76. The summed E-state index contributed by atoms with van der Waals surface area (Å²) in [6.07, 6.45) is 1.59. The molecule has 0 saturated heterocycles. The fraction of sp³-hybridized carbons (Fsp3) is 0.333. The van der Waals surface area contributed by atoms with Crippen LogP contribution in [0.1, 0.15) is 22.5 Å². The average molecular weight is 330 g/mol. The molecular formula is C18H22N2O4. The van der Waals surface area contributed by atoms with Gasteiger partial charge in [-0.3, -0.25) is 4.98 Å². The van der Waals surface area contributed by atoms with Crippen LogP contribution in [0.2, 0.25) is 0 Å². The van der Waals surface area contributed by atoms with Gasteiger partial charge in [0.15, 0.2) is 0 Å². The zero-order chi connectivity index (χ0) is 17.5. The Labute approximate surface area is 142 Å². The molecule has 0 fully saturated rings. The van der Waals surface area contributed by atoms with Crippen LogP contribution >= 0.6 is 0 Å². The molecule has 0 bridgehead atoms. The molecule has 0 unspecified atom stereocenters. The van der Waals surface area contributed by atoms with Crippen LogP contribution in [-0.2, 0) is 11.4 Å². The van der Waals surface area contributed by atoms with E-state index in [2.05, 4.69) is 10.1 Å². The largest absolute Gasteiger partial charge is 0.496 e. The number of benzene rings is 1. The number of pyridine rings is 1. The van der Waals surface area contributed by atoms with Gasteiger partial charge in [-0.1, -0.05) is 5.16 Å². The van der Waals surface area contributed by atoms with Gasteiger partial charge in [0.1, 0.15) is 23.9 Å². The van der Waals surface area contributed by atoms with Crippen molar-refractivity contribution in [3.8, 4) is 17.2 Å². The monoisotopic (exact) mass is 330 g/mol. The van der Waals surface area contributed by atoms with Crippen molar-refractivity contribution >= 4 is 6.21 Å². The van der Waals surface area contributed by atoms with Gasteiger partial charge in [-0.2, -0.15) is 0 Å². The van der Waals surface area contributed by atoms with E-state index >= 15 is 0 Å². The Kier molecular flexibility index (Phi) is 6.01. The van der Waals surface area contributed by atoms with Crippen LogP contribution < -0.4 is 14.2 Å². The van der Waals surface area contributed by atoms with E-state index in [1.807, 2.05) is 26.0 Å². The minimum Gasteiger partial charge on any atom is -0.496 e. The zero-order valence-corrected chi connectivity index (χ0v) is 14.6. The van der Waals surface area contributed by atoms with E-state index in [4.69, 9.17) is 19.0 Å². The summed E-state index contributed by atoms with van der Waals surface area (Å²) in [5.74, 6) is 1.88. The fourth-order valence-corrected chi connectivity index (χ4v) is 2.35. The van der Waals surface area contributed by atoms with E-state index in [-0.39, 0.29) is 6.61 Å². The number of hydrogen-bond donors (Lipinski definition) is 0. The maximum atomic E-state index is 5.39. The van der Waals surface area contributed by atoms with Gasteiger partial charge >= 0.3 is 0 Å². The summed E-state index contributed by atoms with van der Waals surface area (Å²) >= 11 is 0. The van der Waals surface area contributed by atoms with Gasteiger partial charge in [-0.25, -0.2) is 0 Å². The van der Waals surface area contributed by atoms with Crippen molar-refractivity contribution in [3.63, 3.8) is 0 Å². The molecule has 2 aromatic rings. The SMILES string of the molecule is COc1cc(OC)c(CON=Cc2cc(C)cc(C)n2)c(OC)c1. The highest BCUT2D eigenvalue weighted by Crippen LogP contribution is 2.34. The quantitative estimate of drug-likeness (QED) is 0.576. The first kappa shape index (κ1) is 17.6. The van der Waals surface area contributed by atoms with Crippen molar-refractivity contribution < 1.29 is 19.0 Å². The number of nitrogens with zero attached hydrogens (tertiary/aromatic N) is 2. The van der Waals surface area contributed by atoms with Crippen LogP contribution in [0.3, 0.4) is 0 Å². The van der Waals surface area contributed by atoms with E-state index in [0.717, 1.165) is 22.5 Å². The number of aryl methyl sites for hydroxylation is 2. The van der Waals surface area contributed by atoms with E-state index in [9.17, 15) is 0 Å². The lowest BCUT2D eigenvalue weighted by molar-refractivity contribution is 0.127. The van der Waals surface area contributed by atoms with Crippen molar-refractivity contribution in [2.45, 2.75) is 20.5 Å². The molecular weight excluding hydrogens is 308 g/mol. The molecule has 24 heavy (non-hydrogen) atoms. The van der Waals surface area contributed by atoms with Crippen LogP contribution in [0.25, 0.3) is 0 Å². The van der Waals surface area contributed by atoms with Crippen molar-refractivity contribution in [1.82, 2.24) is 4.98 Å². The molecule has 0 aliphatic heterocycles. The topological polar surface area (TPSA) is 62.2 Å². The molecule has 128 valence electrons. The zero-order valence-electron chi connectivity index (χ0n) is 14.6. The van der Waals surface area contributed by atoms with E-state index in [0.29, 0.717) is 17.2 Å². The number of hydrogen-bond acceptors (Lipinski definition) is 6. The summed E-state index contributed by atoms with van der Waals surface area (Å²) in [6.45, 7) is 4.16. The molecule has 0 aliphatic rings. The van der Waals surface area contributed by atoms with Crippen LogP contribution in [0, 0.1) is 13.8 Å². The molecule has 1 aromatic heterocycles. The predicted octanol–water partition coefficient (Wildman–Crippen LogP) is 3.27. The van der Waals surface area contributed by atoms with Gasteiger partial charge in [-0.15, -0.1) is 0 Å². The van der Waals surface area contributed by atoms with Crippen LogP contribution in [0.15, 0.2) is 29.4 Å². The first-order chi connectivity index (χ1) is 11.6. The molecule has 0 saturated carbocycles. The Morgan fingerprint density at radius 1 is 0.958 bits per heavy atom. The second kappa shape index (κ2) is 8.19. The molecule has 0 radical (unpaired) electrons. The number of oxime groups is 1. The molecule has 0 N–H and O–H groups in total. The van der Waals surface area contributed by atoms with Gasteiger partial charge in [0.25, 0.3) is 0 Å². The maximum absolute atomic E-state index is 5.39. The molecule has 0 aliphatic carbocycles. The summed E-state index contributed by atoms with van der Waals surface area (Å²) in [4.78, 5) is 9.76. The molecule has 2 rings (SSSR count). The first-order valence-corrected chi connectivity index (χ1v) is 7.47. The molecule has 0 amide bonds. The summed E-state index contributed by atoms with van der Waals surface area (Å²) in [5.41, 5.74) is 3.57. The second-order valence-electron chi connectivity index (χ2n) is 5.23. The average Bonchev–Trinajstić information content (AvgIpc) is 2.57. The number of methoxy groups -OCH3 is 3. The molecule has 6 heteroatoms. The Morgan fingerprint density at radius 2 is 1.62 bits per heavy atom. The van der Waals surface area contributed by atoms with E-state index in [1.54, 1.807) is 39.7 Å². The lowest BCUT2D eigenvalue weighted by atomic mass is 10.1. The Morgan fingerprint density at radius 3 is 2.17 bits per heavy atom. The van der Waals surface area contributed by atoms with Crippen LogP contribution in [0.5, 0.6) is 17.2 Å². The highest BCUT2D eigenvalue weighted by atomic mass is 16.6. The molecule has 1 aromatic carbocycles. The predicted molar refractivity (Wildman–Crippen MR) is 92.2 cm³/mol. The summed E-state index contributed by atoms with van der Waals surface area (Å²) in [5, 5.41) is 3.98. The third kappa shape index (κ3) is 4.38. The molecule has 0 atom stereocenters. The molecule has 1 heterocycles. The fourth-order valence-electron chi connectivity index (χ4n) is 2.35. The minimum absolute atomic E-state index is 0.206. The normalized spacial score (nSPS) is 10.7. The lowest BCUT2D eigenvalue weighted by Gasteiger charge is -2.14. The van der Waals surface area contributed by atoms with Gasteiger partial charge in [0.2, 0.25) is 0 Å². The van der Waals surface area contributed by atoms with Crippen LogP contribution in [-0.4, -0.2) is 32.5 Å². The Hall–Kier alpha value is -2.76. The second-order valence-corrected chi connectivity index (χ2v) is 5.23. The third-order valence-corrected chi connectivity index (χ3v) is 3.40. The van der Waals surface area contributed by atoms with Crippen molar-refractivity contribution in [1.29, 1.82) is 0 Å². The van der Waals surface area contributed by atoms with Gasteiger partial charge in [0.05, 0.1) is 38.8 Å². The van der Waals surface area contributed by atoms with Crippen molar-refractivity contribution in [3.05, 3.63) is 46.8 Å². The minimum atomic E-state index is 0.206. The number of rotatable bonds is 7. The summed E-state index contributed by atoms with van der Waals surface area (Å²) in [6, 6.07) is 7.49. The highest BCUT2D eigenvalue weighted by Gasteiger charge is 2.13. The number of ether oxygens (including phenoxy) is 3. The van der Waals surface area contributed by atoms with Crippen molar-refractivity contribution in [2.24, 2.45) is 5.16 Å². The highest BCUT2D eigenvalue weighted by molar-refractivity contribution is 5.76. The molecule has 6 nitrogen and oxygen atoms in total. The maximum Gasteiger partial charge on any atom is 0.149 e. The van der Waals surface area contributed by atoms with E-state index in [1.165, 1.54) is 0 Å². The van der Waals surface area contributed by atoms with Gasteiger partial charge < -0.3 is 19.0 Å². The van der Waals surface area contributed by atoms with Gasteiger partial charge in [-0.05, 0) is 31.5 Å². The van der Waals surface area contributed by atoms with Gasteiger partial charge in [0, 0.05) is 17.8 Å². The summed E-state index contributed by atoms with van der Waals surface area (Å²) < 4.78 is 16.0. The van der Waals surface area contributed by atoms with Crippen molar-refractivity contribution in [2.75, 3.05) is 21.3 Å². The smallest absolute Gasteiger partial charge is 0.149 e. The van der Waals surface area contributed by atoms with Crippen LogP contribution in [0.4, 0.5) is 0 Å². The Bertz CT molecular complexity index is 684. The van der Waals surface area contributed by atoms with E-state index < -0.39 is 0 Å². The lowest BCUT2D eigenvalue weighted by Crippen LogP contribution is -2.00.